The van der Waals surface area contributed by atoms with E-state index in [0.717, 1.165) is 25.3 Å². The maximum absolute atomic E-state index is 12.3. The first-order chi connectivity index (χ1) is 9.34. The van der Waals surface area contributed by atoms with Crippen LogP contribution in [0.5, 0.6) is 0 Å². The van der Waals surface area contributed by atoms with Crippen molar-refractivity contribution in [2.75, 3.05) is 18.8 Å². The first-order valence-electron chi connectivity index (χ1n) is 6.31. The van der Waals surface area contributed by atoms with Crippen molar-refractivity contribution in [2.45, 2.75) is 11.7 Å². The van der Waals surface area contributed by atoms with Crippen molar-refractivity contribution in [1.29, 1.82) is 0 Å². The van der Waals surface area contributed by atoms with Crippen LogP contribution in [0.2, 0.25) is 0 Å². The third kappa shape index (κ3) is 2.87. The van der Waals surface area contributed by atoms with Gasteiger partial charge < -0.3 is 9.32 Å². The number of carbonyl (C=O) groups excluding carboxylic acids is 1. The SMILES string of the molecule is O=C(c1ccoc1)N1CCSC(c2cccs2)CC1. The maximum Gasteiger partial charge on any atom is 0.257 e. The number of furan rings is 1. The Hall–Kier alpha value is -1.20. The fourth-order valence-electron chi connectivity index (χ4n) is 2.24. The molecule has 2 aromatic rings. The van der Waals surface area contributed by atoms with Gasteiger partial charge in [0, 0.05) is 29.0 Å². The van der Waals surface area contributed by atoms with E-state index >= 15 is 0 Å². The van der Waals surface area contributed by atoms with E-state index in [9.17, 15) is 4.79 Å². The maximum atomic E-state index is 12.3. The molecule has 1 amide bonds. The Labute approximate surface area is 120 Å². The van der Waals surface area contributed by atoms with Crippen molar-refractivity contribution in [1.82, 2.24) is 4.90 Å². The molecule has 1 fully saturated rings. The predicted molar refractivity (Wildman–Crippen MR) is 78.7 cm³/mol. The number of amides is 1. The zero-order chi connectivity index (χ0) is 13.1. The molecule has 100 valence electrons. The first kappa shape index (κ1) is 12.8. The van der Waals surface area contributed by atoms with Crippen molar-refractivity contribution in [3.05, 3.63) is 46.5 Å². The van der Waals surface area contributed by atoms with E-state index in [0.29, 0.717) is 10.8 Å². The van der Waals surface area contributed by atoms with Gasteiger partial charge in [0.2, 0.25) is 0 Å². The van der Waals surface area contributed by atoms with E-state index in [1.54, 1.807) is 23.7 Å². The first-order valence-corrected chi connectivity index (χ1v) is 8.24. The molecule has 1 atom stereocenters. The molecule has 1 unspecified atom stereocenters. The summed E-state index contributed by atoms with van der Waals surface area (Å²) < 4.78 is 4.99. The second kappa shape index (κ2) is 5.84. The minimum atomic E-state index is 0.0844. The van der Waals surface area contributed by atoms with Crippen LogP contribution < -0.4 is 0 Å². The van der Waals surface area contributed by atoms with Gasteiger partial charge in [-0.25, -0.2) is 0 Å². The van der Waals surface area contributed by atoms with E-state index in [2.05, 4.69) is 17.5 Å². The minimum Gasteiger partial charge on any atom is -0.472 e. The normalized spacial score (nSPS) is 20.2. The quantitative estimate of drug-likeness (QED) is 0.847. The fourth-order valence-corrected chi connectivity index (χ4v) is 4.48. The smallest absolute Gasteiger partial charge is 0.257 e. The van der Waals surface area contributed by atoms with Crippen LogP contribution in [0.3, 0.4) is 0 Å². The van der Waals surface area contributed by atoms with Crippen LogP contribution >= 0.6 is 23.1 Å². The molecule has 3 heterocycles. The molecule has 0 aromatic carbocycles. The highest BCUT2D eigenvalue weighted by atomic mass is 32.2. The van der Waals surface area contributed by atoms with Gasteiger partial charge in [0.05, 0.1) is 11.8 Å². The van der Waals surface area contributed by atoms with Gasteiger partial charge in [-0.05, 0) is 23.9 Å². The van der Waals surface area contributed by atoms with Gasteiger partial charge in [0.15, 0.2) is 0 Å². The summed E-state index contributed by atoms with van der Waals surface area (Å²) in [5.41, 5.74) is 0.652. The van der Waals surface area contributed by atoms with Crippen molar-refractivity contribution in [2.24, 2.45) is 0 Å². The van der Waals surface area contributed by atoms with Gasteiger partial charge in [-0.15, -0.1) is 11.3 Å². The van der Waals surface area contributed by atoms with E-state index in [-0.39, 0.29) is 5.91 Å². The highest BCUT2D eigenvalue weighted by Crippen LogP contribution is 2.36. The lowest BCUT2D eigenvalue weighted by molar-refractivity contribution is 0.0766. The summed E-state index contributed by atoms with van der Waals surface area (Å²) in [5, 5.41) is 2.65. The molecule has 1 saturated heterocycles. The Morgan fingerprint density at radius 2 is 2.32 bits per heavy atom. The summed E-state index contributed by atoms with van der Waals surface area (Å²) in [7, 11) is 0. The van der Waals surface area contributed by atoms with Gasteiger partial charge in [-0.2, -0.15) is 11.8 Å². The van der Waals surface area contributed by atoms with Gasteiger partial charge in [-0.3, -0.25) is 4.79 Å². The minimum absolute atomic E-state index is 0.0844. The van der Waals surface area contributed by atoms with E-state index in [1.165, 1.54) is 11.1 Å². The number of nitrogens with zero attached hydrogens (tertiary/aromatic N) is 1. The second-order valence-electron chi connectivity index (χ2n) is 4.47. The lowest BCUT2D eigenvalue weighted by Crippen LogP contribution is -2.32. The number of hydrogen-bond acceptors (Lipinski definition) is 4. The highest BCUT2D eigenvalue weighted by Gasteiger charge is 2.23. The van der Waals surface area contributed by atoms with Crippen molar-refractivity contribution >= 4 is 29.0 Å². The summed E-state index contributed by atoms with van der Waals surface area (Å²) >= 11 is 3.76. The van der Waals surface area contributed by atoms with E-state index in [1.807, 2.05) is 16.7 Å². The summed E-state index contributed by atoms with van der Waals surface area (Å²) in [4.78, 5) is 15.6. The third-order valence-electron chi connectivity index (χ3n) is 3.26. The van der Waals surface area contributed by atoms with Crippen molar-refractivity contribution < 1.29 is 9.21 Å². The van der Waals surface area contributed by atoms with Gasteiger partial charge >= 0.3 is 0 Å². The fraction of sp³-hybridized carbons (Fsp3) is 0.357. The van der Waals surface area contributed by atoms with Gasteiger partial charge in [0.1, 0.15) is 6.26 Å². The number of carbonyl (C=O) groups is 1. The molecule has 1 aliphatic rings. The Morgan fingerprint density at radius 3 is 3.05 bits per heavy atom. The largest absolute Gasteiger partial charge is 0.472 e. The average Bonchev–Trinajstić information content (AvgIpc) is 3.08. The summed E-state index contributed by atoms with van der Waals surface area (Å²) in [5.74, 6) is 1.08. The third-order valence-corrected chi connectivity index (χ3v) is 5.70. The molecule has 5 heteroatoms. The lowest BCUT2D eigenvalue weighted by atomic mass is 10.2. The molecule has 0 aliphatic carbocycles. The van der Waals surface area contributed by atoms with Crippen LogP contribution in [0.15, 0.2) is 40.5 Å². The molecule has 3 rings (SSSR count). The van der Waals surface area contributed by atoms with Crippen LogP contribution in [-0.4, -0.2) is 29.6 Å². The van der Waals surface area contributed by atoms with Crippen LogP contribution in [0.4, 0.5) is 0 Å². The van der Waals surface area contributed by atoms with Crippen LogP contribution in [0.25, 0.3) is 0 Å². The van der Waals surface area contributed by atoms with Gasteiger partial charge in [-0.1, -0.05) is 6.07 Å². The molecular formula is C14H15NO2S2. The Bertz CT molecular complexity index is 522. The summed E-state index contributed by atoms with van der Waals surface area (Å²) in [6.07, 6.45) is 4.10. The van der Waals surface area contributed by atoms with Crippen LogP contribution in [0.1, 0.15) is 26.9 Å². The number of hydrogen-bond donors (Lipinski definition) is 0. The highest BCUT2D eigenvalue weighted by molar-refractivity contribution is 7.99. The van der Waals surface area contributed by atoms with Gasteiger partial charge in [0.25, 0.3) is 5.91 Å². The molecule has 3 nitrogen and oxygen atoms in total. The van der Waals surface area contributed by atoms with E-state index < -0.39 is 0 Å². The molecular weight excluding hydrogens is 278 g/mol. The Morgan fingerprint density at radius 1 is 1.37 bits per heavy atom. The van der Waals surface area contributed by atoms with Crippen LogP contribution in [-0.2, 0) is 0 Å². The second-order valence-corrected chi connectivity index (χ2v) is 6.76. The molecule has 0 N–H and O–H groups in total. The number of thiophene rings is 1. The molecule has 19 heavy (non-hydrogen) atoms. The number of thioether (sulfide) groups is 1. The molecule has 2 aromatic heterocycles. The zero-order valence-corrected chi connectivity index (χ0v) is 12.1. The van der Waals surface area contributed by atoms with Crippen molar-refractivity contribution in [3.63, 3.8) is 0 Å². The van der Waals surface area contributed by atoms with E-state index in [4.69, 9.17) is 4.42 Å². The van der Waals surface area contributed by atoms with Crippen molar-refractivity contribution in [3.8, 4) is 0 Å². The summed E-state index contributed by atoms with van der Waals surface area (Å²) in [6.45, 7) is 1.64. The number of rotatable bonds is 2. The predicted octanol–water partition coefficient (Wildman–Crippen LogP) is 3.66. The Balaban J connectivity index is 1.66. The zero-order valence-electron chi connectivity index (χ0n) is 10.5. The molecule has 0 spiro atoms. The lowest BCUT2D eigenvalue weighted by Gasteiger charge is -2.19. The standard InChI is InChI=1S/C14H15NO2S2/c16-14(11-4-7-17-10-11)15-5-3-13(19-9-6-15)12-2-1-8-18-12/h1-2,4,7-8,10,13H,3,5-6,9H2. The monoisotopic (exact) mass is 293 g/mol. The molecule has 0 bridgehead atoms. The summed E-state index contributed by atoms with van der Waals surface area (Å²) in [6, 6.07) is 6.02. The molecule has 1 aliphatic heterocycles. The molecule has 0 saturated carbocycles. The molecule has 0 radical (unpaired) electrons. The Kier molecular flexibility index (Phi) is 3.94. The topological polar surface area (TPSA) is 33.5 Å². The van der Waals surface area contributed by atoms with Crippen LogP contribution in [0, 0.1) is 0 Å². The average molecular weight is 293 g/mol.